The van der Waals surface area contributed by atoms with Crippen molar-refractivity contribution in [3.8, 4) is 11.4 Å². The summed E-state index contributed by atoms with van der Waals surface area (Å²) < 4.78 is 2.03. The van der Waals surface area contributed by atoms with Gasteiger partial charge < -0.3 is 4.57 Å². The first-order chi connectivity index (χ1) is 14.8. The molecule has 1 heterocycles. The number of nitrogens with zero attached hydrogens (tertiary/aromatic N) is 4. The van der Waals surface area contributed by atoms with Gasteiger partial charge in [-0.05, 0) is 30.4 Å². The highest BCUT2D eigenvalue weighted by Gasteiger charge is 2.17. The molecule has 0 fully saturated rings. The van der Waals surface area contributed by atoms with Gasteiger partial charge in [0, 0.05) is 12.1 Å². The first-order valence-corrected chi connectivity index (χ1v) is 11.3. The topological polar surface area (TPSA) is 72.2 Å². The monoisotopic (exact) mass is 435 g/mol. The SMILES string of the molecule is CCn1c(SCC(=O)N/N=C\c2ccc(C)cc2)nnc1-c1ccc(C(C)(C)C)cc1. The Morgan fingerprint density at radius 2 is 1.77 bits per heavy atom. The molecule has 31 heavy (non-hydrogen) atoms. The van der Waals surface area contributed by atoms with Crippen LogP contribution in [0.2, 0.25) is 0 Å². The van der Waals surface area contributed by atoms with Crippen molar-refractivity contribution < 1.29 is 4.79 Å². The van der Waals surface area contributed by atoms with Crippen LogP contribution >= 0.6 is 11.8 Å². The maximum Gasteiger partial charge on any atom is 0.250 e. The van der Waals surface area contributed by atoms with E-state index in [1.54, 1.807) is 6.21 Å². The lowest BCUT2D eigenvalue weighted by Crippen LogP contribution is -2.20. The van der Waals surface area contributed by atoms with Crippen LogP contribution in [0.4, 0.5) is 0 Å². The molecule has 0 aliphatic rings. The zero-order chi connectivity index (χ0) is 22.4. The number of aryl methyl sites for hydroxylation is 1. The van der Waals surface area contributed by atoms with E-state index < -0.39 is 0 Å². The van der Waals surface area contributed by atoms with E-state index in [9.17, 15) is 4.79 Å². The van der Waals surface area contributed by atoms with Gasteiger partial charge in [0.2, 0.25) is 0 Å². The lowest BCUT2D eigenvalue weighted by molar-refractivity contribution is -0.118. The lowest BCUT2D eigenvalue weighted by atomic mass is 9.87. The normalized spacial score (nSPS) is 11.8. The van der Waals surface area contributed by atoms with Crippen molar-refractivity contribution >= 4 is 23.9 Å². The van der Waals surface area contributed by atoms with E-state index in [1.807, 2.05) is 42.7 Å². The van der Waals surface area contributed by atoms with Crippen molar-refractivity contribution in [3.05, 3.63) is 65.2 Å². The highest BCUT2D eigenvalue weighted by molar-refractivity contribution is 7.99. The summed E-state index contributed by atoms with van der Waals surface area (Å²) >= 11 is 1.35. The van der Waals surface area contributed by atoms with Crippen LogP contribution in [0, 0.1) is 6.92 Å². The number of hydrogen-bond acceptors (Lipinski definition) is 5. The fourth-order valence-electron chi connectivity index (χ4n) is 3.01. The van der Waals surface area contributed by atoms with Gasteiger partial charge in [0.1, 0.15) is 0 Å². The summed E-state index contributed by atoms with van der Waals surface area (Å²) in [5.74, 6) is 0.838. The maximum atomic E-state index is 12.2. The third-order valence-corrected chi connectivity index (χ3v) is 5.82. The summed E-state index contributed by atoms with van der Waals surface area (Å²) in [7, 11) is 0. The molecule has 3 aromatic rings. The Morgan fingerprint density at radius 1 is 1.10 bits per heavy atom. The summed E-state index contributed by atoms with van der Waals surface area (Å²) in [5, 5.41) is 13.4. The van der Waals surface area contributed by atoms with Crippen LogP contribution in [0.15, 0.2) is 58.8 Å². The number of carbonyl (C=O) groups is 1. The second-order valence-corrected chi connectivity index (χ2v) is 9.31. The third-order valence-electron chi connectivity index (χ3n) is 4.85. The largest absolute Gasteiger partial charge is 0.302 e. The zero-order valence-corrected chi connectivity index (χ0v) is 19.5. The third kappa shape index (κ3) is 6.04. The van der Waals surface area contributed by atoms with Gasteiger partial charge in [-0.1, -0.05) is 86.6 Å². The van der Waals surface area contributed by atoms with Crippen LogP contribution in [0.25, 0.3) is 11.4 Å². The molecule has 0 spiro atoms. The molecular weight excluding hydrogens is 406 g/mol. The highest BCUT2D eigenvalue weighted by atomic mass is 32.2. The summed E-state index contributed by atoms with van der Waals surface area (Å²) in [5.41, 5.74) is 7.08. The number of amides is 1. The van der Waals surface area contributed by atoms with E-state index >= 15 is 0 Å². The van der Waals surface area contributed by atoms with Gasteiger partial charge in [-0.2, -0.15) is 5.10 Å². The Morgan fingerprint density at radius 3 is 2.39 bits per heavy atom. The van der Waals surface area contributed by atoms with E-state index in [4.69, 9.17) is 0 Å². The van der Waals surface area contributed by atoms with E-state index in [1.165, 1.54) is 22.9 Å². The first kappa shape index (κ1) is 22.7. The minimum Gasteiger partial charge on any atom is -0.302 e. The number of benzene rings is 2. The summed E-state index contributed by atoms with van der Waals surface area (Å²) in [6, 6.07) is 16.4. The summed E-state index contributed by atoms with van der Waals surface area (Å²) in [4.78, 5) is 12.2. The summed E-state index contributed by atoms with van der Waals surface area (Å²) in [6.07, 6.45) is 1.63. The minimum atomic E-state index is -0.185. The molecule has 0 bridgehead atoms. The average Bonchev–Trinajstić information content (AvgIpc) is 3.16. The van der Waals surface area contributed by atoms with Crippen LogP contribution in [-0.4, -0.2) is 32.6 Å². The lowest BCUT2D eigenvalue weighted by Gasteiger charge is -2.19. The standard InChI is InChI=1S/C24H29N5OS/c1-6-29-22(19-11-13-20(14-12-19)24(3,4)5)27-28-23(29)31-16-21(30)26-25-15-18-9-7-17(2)8-10-18/h7-15H,6,16H2,1-5H3,(H,26,30)/b25-15-. The van der Waals surface area contributed by atoms with Gasteiger partial charge in [-0.25, -0.2) is 5.43 Å². The fraction of sp³-hybridized carbons (Fsp3) is 0.333. The molecule has 0 unspecified atom stereocenters. The average molecular weight is 436 g/mol. The van der Waals surface area contributed by atoms with Crippen molar-refractivity contribution in [3.63, 3.8) is 0 Å². The second-order valence-electron chi connectivity index (χ2n) is 8.37. The molecule has 7 heteroatoms. The van der Waals surface area contributed by atoms with E-state index in [2.05, 4.69) is 65.8 Å². The molecule has 1 aromatic heterocycles. The van der Waals surface area contributed by atoms with E-state index in [-0.39, 0.29) is 17.1 Å². The number of hydrogen-bond donors (Lipinski definition) is 1. The van der Waals surface area contributed by atoms with Crippen LogP contribution in [0.3, 0.4) is 0 Å². The van der Waals surface area contributed by atoms with Crippen LogP contribution in [0.5, 0.6) is 0 Å². The molecule has 0 aliphatic heterocycles. The maximum absolute atomic E-state index is 12.2. The molecule has 162 valence electrons. The van der Waals surface area contributed by atoms with Crippen LogP contribution in [-0.2, 0) is 16.8 Å². The van der Waals surface area contributed by atoms with Crippen molar-refractivity contribution in [2.24, 2.45) is 5.10 Å². The van der Waals surface area contributed by atoms with E-state index in [0.717, 1.165) is 28.7 Å². The Balaban J connectivity index is 1.61. The Bertz CT molecular complexity index is 1050. The molecule has 6 nitrogen and oxygen atoms in total. The van der Waals surface area contributed by atoms with Crippen molar-refractivity contribution in [1.82, 2.24) is 20.2 Å². The molecule has 0 aliphatic carbocycles. The molecule has 0 saturated carbocycles. The smallest absolute Gasteiger partial charge is 0.250 e. The zero-order valence-electron chi connectivity index (χ0n) is 18.7. The first-order valence-electron chi connectivity index (χ1n) is 10.3. The number of aromatic nitrogens is 3. The van der Waals surface area contributed by atoms with Gasteiger partial charge in [0.25, 0.3) is 5.91 Å². The quantitative estimate of drug-likeness (QED) is 0.328. The molecule has 3 rings (SSSR count). The van der Waals surface area contributed by atoms with Crippen LogP contribution < -0.4 is 5.43 Å². The van der Waals surface area contributed by atoms with Gasteiger partial charge in [0.05, 0.1) is 12.0 Å². The molecule has 0 atom stereocenters. The van der Waals surface area contributed by atoms with Crippen molar-refractivity contribution in [2.45, 2.75) is 51.7 Å². The second kappa shape index (κ2) is 9.92. The number of carbonyl (C=O) groups excluding carboxylic acids is 1. The van der Waals surface area contributed by atoms with E-state index in [0.29, 0.717) is 0 Å². The number of nitrogens with one attached hydrogen (secondary N) is 1. The van der Waals surface area contributed by atoms with Gasteiger partial charge in [-0.3, -0.25) is 4.79 Å². The minimum absolute atomic E-state index is 0.104. The highest BCUT2D eigenvalue weighted by Crippen LogP contribution is 2.27. The molecule has 2 aromatic carbocycles. The molecule has 1 N–H and O–H groups in total. The van der Waals surface area contributed by atoms with Crippen LogP contribution in [0.1, 0.15) is 44.4 Å². The number of thioether (sulfide) groups is 1. The van der Waals surface area contributed by atoms with Gasteiger partial charge in [0.15, 0.2) is 11.0 Å². The Kier molecular flexibility index (Phi) is 7.28. The summed E-state index contributed by atoms with van der Waals surface area (Å²) in [6.45, 7) is 11.4. The predicted molar refractivity (Wildman–Crippen MR) is 127 cm³/mol. The Hall–Kier alpha value is -2.93. The van der Waals surface area contributed by atoms with Crippen molar-refractivity contribution in [1.29, 1.82) is 0 Å². The Labute approximate surface area is 188 Å². The fourth-order valence-corrected chi connectivity index (χ4v) is 3.80. The molecule has 1 amide bonds. The number of rotatable bonds is 7. The predicted octanol–water partition coefficient (Wildman–Crippen LogP) is 4.81. The molecular formula is C24H29N5OS. The van der Waals surface area contributed by atoms with Crippen molar-refractivity contribution in [2.75, 3.05) is 5.75 Å². The van der Waals surface area contributed by atoms with Gasteiger partial charge >= 0.3 is 0 Å². The molecule has 0 radical (unpaired) electrons. The molecule has 0 saturated heterocycles. The van der Waals surface area contributed by atoms with Gasteiger partial charge in [-0.15, -0.1) is 10.2 Å². The number of hydrazone groups is 1.